The molecule has 1 aromatic heterocycles. The summed E-state index contributed by atoms with van der Waals surface area (Å²) in [5, 5.41) is 2.97. The SMILES string of the molecule is CCCn1cnc(NC)c1. The van der Waals surface area contributed by atoms with Crippen molar-refractivity contribution >= 4 is 5.82 Å². The molecule has 0 fully saturated rings. The lowest BCUT2D eigenvalue weighted by atomic mass is 10.5. The van der Waals surface area contributed by atoms with Crippen LogP contribution in [0.15, 0.2) is 12.5 Å². The highest BCUT2D eigenvalue weighted by molar-refractivity contribution is 5.29. The van der Waals surface area contributed by atoms with Crippen molar-refractivity contribution in [2.75, 3.05) is 12.4 Å². The van der Waals surface area contributed by atoms with Gasteiger partial charge in [0, 0.05) is 19.8 Å². The number of nitrogens with one attached hydrogen (secondary N) is 1. The van der Waals surface area contributed by atoms with Crippen LogP contribution in [0.1, 0.15) is 13.3 Å². The molecule has 0 spiro atoms. The molecule has 0 unspecified atom stereocenters. The van der Waals surface area contributed by atoms with Crippen LogP contribution in [-0.2, 0) is 6.54 Å². The van der Waals surface area contributed by atoms with Crippen LogP contribution in [0.3, 0.4) is 0 Å². The second-order valence-corrected chi connectivity index (χ2v) is 2.25. The third kappa shape index (κ3) is 1.50. The molecule has 0 aliphatic carbocycles. The smallest absolute Gasteiger partial charge is 0.143 e. The average molecular weight is 139 g/mol. The minimum absolute atomic E-state index is 0.938. The van der Waals surface area contributed by atoms with E-state index in [2.05, 4.69) is 21.8 Å². The van der Waals surface area contributed by atoms with Crippen molar-refractivity contribution in [1.29, 1.82) is 0 Å². The van der Waals surface area contributed by atoms with E-state index < -0.39 is 0 Å². The number of rotatable bonds is 3. The summed E-state index contributed by atoms with van der Waals surface area (Å²) in [5.74, 6) is 0.938. The Hall–Kier alpha value is -0.990. The monoisotopic (exact) mass is 139 g/mol. The fourth-order valence-corrected chi connectivity index (χ4v) is 0.870. The fourth-order valence-electron chi connectivity index (χ4n) is 0.870. The molecule has 10 heavy (non-hydrogen) atoms. The number of aryl methyl sites for hydroxylation is 1. The number of hydrogen-bond donors (Lipinski definition) is 1. The third-order valence-corrected chi connectivity index (χ3v) is 1.37. The molecule has 0 amide bonds. The third-order valence-electron chi connectivity index (χ3n) is 1.37. The molecule has 0 saturated carbocycles. The largest absolute Gasteiger partial charge is 0.372 e. The zero-order chi connectivity index (χ0) is 7.40. The molecule has 1 N–H and O–H groups in total. The Bertz CT molecular complexity index is 192. The predicted molar refractivity (Wildman–Crippen MR) is 42.1 cm³/mol. The summed E-state index contributed by atoms with van der Waals surface area (Å²) in [6.45, 7) is 3.20. The van der Waals surface area contributed by atoms with E-state index in [9.17, 15) is 0 Å². The van der Waals surface area contributed by atoms with Crippen molar-refractivity contribution in [2.24, 2.45) is 0 Å². The maximum absolute atomic E-state index is 4.11. The minimum Gasteiger partial charge on any atom is -0.372 e. The number of hydrogen-bond acceptors (Lipinski definition) is 2. The number of aromatic nitrogens is 2. The highest BCUT2D eigenvalue weighted by atomic mass is 15.1. The number of anilines is 1. The minimum atomic E-state index is 0.938. The Balaban J connectivity index is 2.59. The summed E-state index contributed by atoms with van der Waals surface area (Å²) in [6.07, 6.45) is 5.00. The van der Waals surface area contributed by atoms with E-state index in [1.54, 1.807) is 0 Å². The topological polar surface area (TPSA) is 29.9 Å². The summed E-state index contributed by atoms with van der Waals surface area (Å²) in [4.78, 5) is 4.11. The van der Waals surface area contributed by atoms with Crippen LogP contribution >= 0.6 is 0 Å². The molecule has 0 aromatic carbocycles. The van der Waals surface area contributed by atoms with Gasteiger partial charge in [0.2, 0.25) is 0 Å². The van der Waals surface area contributed by atoms with Crippen LogP contribution in [0, 0.1) is 0 Å². The Labute approximate surface area is 61.1 Å². The van der Waals surface area contributed by atoms with Gasteiger partial charge in [-0.3, -0.25) is 0 Å². The van der Waals surface area contributed by atoms with E-state index in [1.165, 1.54) is 0 Å². The van der Waals surface area contributed by atoms with E-state index in [-0.39, 0.29) is 0 Å². The average Bonchev–Trinajstić information content (AvgIpc) is 2.37. The van der Waals surface area contributed by atoms with Crippen LogP contribution in [-0.4, -0.2) is 16.6 Å². The summed E-state index contributed by atoms with van der Waals surface area (Å²) < 4.78 is 2.08. The molecule has 0 bridgehead atoms. The molecule has 1 aromatic rings. The van der Waals surface area contributed by atoms with Gasteiger partial charge in [-0.15, -0.1) is 0 Å². The van der Waals surface area contributed by atoms with Crippen LogP contribution < -0.4 is 5.32 Å². The van der Waals surface area contributed by atoms with Gasteiger partial charge in [-0.1, -0.05) is 6.92 Å². The van der Waals surface area contributed by atoms with Gasteiger partial charge >= 0.3 is 0 Å². The molecule has 1 rings (SSSR count). The zero-order valence-electron chi connectivity index (χ0n) is 6.46. The van der Waals surface area contributed by atoms with E-state index in [1.807, 2.05) is 19.6 Å². The fraction of sp³-hybridized carbons (Fsp3) is 0.571. The van der Waals surface area contributed by atoms with Crippen LogP contribution in [0.25, 0.3) is 0 Å². The molecule has 3 nitrogen and oxygen atoms in total. The highest BCUT2D eigenvalue weighted by Crippen LogP contribution is 2.00. The Morgan fingerprint density at radius 2 is 2.50 bits per heavy atom. The normalized spacial score (nSPS) is 9.80. The van der Waals surface area contributed by atoms with E-state index in [0.29, 0.717) is 0 Å². The summed E-state index contributed by atoms with van der Waals surface area (Å²) in [5.41, 5.74) is 0. The zero-order valence-corrected chi connectivity index (χ0v) is 6.46. The molecule has 56 valence electrons. The quantitative estimate of drug-likeness (QED) is 0.684. The van der Waals surface area contributed by atoms with Crippen molar-refractivity contribution in [3.63, 3.8) is 0 Å². The van der Waals surface area contributed by atoms with Gasteiger partial charge in [-0.05, 0) is 6.42 Å². The first-order chi connectivity index (χ1) is 4.86. The summed E-state index contributed by atoms with van der Waals surface area (Å²) in [7, 11) is 1.87. The highest BCUT2D eigenvalue weighted by Gasteiger charge is 1.92. The van der Waals surface area contributed by atoms with Gasteiger partial charge in [-0.25, -0.2) is 4.98 Å². The van der Waals surface area contributed by atoms with Crippen molar-refractivity contribution in [1.82, 2.24) is 9.55 Å². The lowest BCUT2D eigenvalue weighted by Gasteiger charge is -1.94. The molecule has 0 saturated heterocycles. The van der Waals surface area contributed by atoms with Gasteiger partial charge in [0.05, 0.1) is 6.33 Å². The van der Waals surface area contributed by atoms with Crippen molar-refractivity contribution in [3.8, 4) is 0 Å². The van der Waals surface area contributed by atoms with Gasteiger partial charge in [-0.2, -0.15) is 0 Å². The predicted octanol–water partition coefficient (Wildman–Crippen LogP) is 1.33. The van der Waals surface area contributed by atoms with E-state index in [4.69, 9.17) is 0 Å². The van der Waals surface area contributed by atoms with Crippen LogP contribution in [0.2, 0.25) is 0 Å². The molecule has 0 aliphatic rings. The van der Waals surface area contributed by atoms with Crippen LogP contribution in [0.5, 0.6) is 0 Å². The maximum atomic E-state index is 4.11. The molecule has 0 aliphatic heterocycles. The first-order valence-electron chi connectivity index (χ1n) is 3.56. The molecule has 0 radical (unpaired) electrons. The van der Waals surface area contributed by atoms with Crippen molar-refractivity contribution < 1.29 is 0 Å². The summed E-state index contributed by atoms with van der Waals surface area (Å²) >= 11 is 0. The maximum Gasteiger partial charge on any atom is 0.143 e. The van der Waals surface area contributed by atoms with E-state index in [0.717, 1.165) is 18.8 Å². The first-order valence-corrected chi connectivity index (χ1v) is 3.56. The molecule has 3 heteroatoms. The number of imidazole rings is 1. The second-order valence-electron chi connectivity index (χ2n) is 2.25. The Morgan fingerprint density at radius 3 is 3.00 bits per heavy atom. The Kier molecular flexibility index (Phi) is 2.31. The standard InChI is InChI=1S/C7H13N3/c1-3-4-10-5-7(8-2)9-6-10/h5-6,8H,3-4H2,1-2H3. The van der Waals surface area contributed by atoms with E-state index >= 15 is 0 Å². The molecule has 0 atom stereocenters. The van der Waals surface area contributed by atoms with Crippen LogP contribution in [0.4, 0.5) is 5.82 Å². The molecular weight excluding hydrogens is 126 g/mol. The lowest BCUT2D eigenvalue weighted by Crippen LogP contribution is -1.91. The molecule has 1 heterocycles. The second kappa shape index (κ2) is 3.25. The Morgan fingerprint density at radius 1 is 1.70 bits per heavy atom. The van der Waals surface area contributed by atoms with Gasteiger partial charge in [0.1, 0.15) is 5.82 Å². The van der Waals surface area contributed by atoms with Gasteiger partial charge < -0.3 is 9.88 Å². The lowest BCUT2D eigenvalue weighted by molar-refractivity contribution is 0.678. The van der Waals surface area contributed by atoms with Crippen molar-refractivity contribution in [3.05, 3.63) is 12.5 Å². The van der Waals surface area contributed by atoms with Gasteiger partial charge in [0.15, 0.2) is 0 Å². The van der Waals surface area contributed by atoms with Gasteiger partial charge in [0.25, 0.3) is 0 Å². The summed E-state index contributed by atoms with van der Waals surface area (Å²) in [6, 6.07) is 0. The number of nitrogens with zero attached hydrogens (tertiary/aromatic N) is 2. The van der Waals surface area contributed by atoms with Crippen molar-refractivity contribution in [2.45, 2.75) is 19.9 Å². The first kappa shape index (κ1) is 7.12. The molecular formula is C7H13N3.